The minimum Gasteiger partial charge on any atom is -0.462 e. The first-order chi connectivity index (χ1) is 35.8. The van der Waals surface area contributed by atoms with Crippen LogP contribution >= 0.6 is 0 Å². The molecule has 0 rings (SSSR count). The quantitative estimate of drug-likeness (QED) is 0.0343. The summed E-state index contributed by atoms with van der Waals surface area (Å²) in [4.78, 5) is 38.4. The Hall–Kier alpha value is -1.59. The zero-order valence-corrected chi connectivity index (χ0v) is 50.3. The molecule has 0 N–H and O–H groups in total. The van der Waals surface area contributed by atoms with Gasteiger partial charge in [-0.1, -0.05) is 343 Å². The zero-order chi connectivity index (χ0) is 53.2. The molecule has 0 aliphatic heterocycles. The fraction of sp³-hybridized carbons (Fsp3) is 0.955. The summed E-state index contributed by atoms with van der Waals surface area (Å²) in [5.74, 6) is 0.925. The molecule has 0 saturated carbocycles. The molecule has 0 amide bonds. The van der Waals surface area contributed by atoms with E-state index in [0.29, 0.717) is 19.3 Å². The van der Waals surface area contributed by atoms with Gasteiger partial charge in [0.05, 0.1) is 0 Å². The number of carbonyl (C=O) groups is 3. The van der Waals surface area contributed by atoms with Gasteiger partial charge in [-0.3, -0.25) is 14.4 Å². The van der Waals surface area contributed by atoms with Crippen molar-refractivity contribution >= 4 is 17.9 Å². The number of unbranched alkanes of at least 4 members (excludes halogenated alkanes) is 45. The van der Waals surface area contributed by atoms with Crippen molar-refractivity contribution in [3.63, 3.8) is 0 Å². The molecular weight excluding hydrogens is 901 g/mol. The summed E-state index contributed by atoms with van der Waals surface area (Å²) >= 11 is 0. The number of rotatable bonds is 61. The predicted molar refractivity (Wildman–Crippen MR) is 316 cm³/mol. The van der Waals surface area contributed by atoms with Crippen molar-refractivity contribution in [3.8, 4) is 0 Å². The number of hydrogen-bond acceptors (Lipinski definition) is 6. The van der Waals surface area contributed by atoms with Crippen LogP contribution in [0.3, 0.4) is 0 Å². The molecule has 73 heavy (non-hydrogen) atoms. The summed E-state index contributed by atoms with van der Waals surface area (Å²) in [5.41, 5.74) is 0. The van der Waals surface area contributed by atoms with Gasteiger partial charge in [-0.15, -0.1) is 0 Å². The second-order valence-electron chi connectivity index (χ2n) is 23.8. The third kappa shape index (κ3) is 59.5. The molecular formula is C67H130O6. The fourth-order valence-corrected chi connectivity index (χ4v) is 10.4. The minimum absolute atomic E-state index is 0.0616. The number of carbonyl (C=O) groups excluding carboxylic acids is 3. The predicted octanol–water partition coefficient (Wildman–Crippen LogP) is 22.4. The summed E-state index contributed by atoms with van der Waals surface area (Å²) in [7, 11) is 0. The lowest BCUT2D eigenvalue weighted by molar-refractivity contribution is -0.167. The largest absolute Gasteiger partial charge is 0.462 e. The van der Waals surface area contributed by atoms with Crippen LogP contribution in [-0.4, -0.2) is 37.2 Å². The second kappa shape index (κ2) is 59.7. The molecule has 434 valence electrons. The smallest absolute Gasteiger partial charge is 0.306 e. The Morgan fingerprint density at radius 1 is 0.288 bits per heavy atom. The van der Waals surface area contributed by atoms with Crippen LogP contribution in [0, 0.1) is 11.8 Å². The summed E-state index contributed by atoms with van der Waals surface area (Å²) in [6, 6.07) is 0. The monoisotopic (exact) mass is 1030 g/mol. The van der Waals surface area contributed by atoms with E-state index in [1.807, 2.05) is 0 Å². The molecule has 6 nitrogen and oxygen atoms in total. The first-order valence-electron chi connectivity index (χ1n) is 33.3. The van der Waals surface area contributed by atoms with E-state index >= 15 is 0 Å². The van der Waals surface area contributed by atoms with Gasteiger partial charge in [-0.2, -0.15) is 0 Å². The summed E-state index contributed by atoms with van der Waals surface area (Å²) in [6.07, 6.45) is 66.7. The fourth-order valence-electron chi connectivity index (χ4n) is 10.4. The summed E-state index contributed by atoms with van der Waals surface area (Å²) < 4.78 is 17.0. The average molecular weight is 1030 g/mol. The zero-order valence-electron chi connectivity index (χ0n) is 50.3. The van der Waals surface area contributed by atoms with Crippen LogP contribution in [0.2, 0.25) is 0 Å². The van der Waals surface area contributed by atoms with Gasteiger partial charge >= 0.3 is 17.9 Å². The van der Waals surface area contributed by atoms with E-state index in [1.165, 1.54) is 270 Å². The maximum Gasteiger partial charge on any atom is 0.306 e. The molecule has 0 aliphatic rings. The maximum atomic E-state index is 12.9. The Balaban J connectivity index is 4.26. The molecule has 0 spiro atoms. The standard InChI is InChI=1S/C67H130O6/c1-6-8-9-10-11-12-13-14-15-21-27-32-37-42-47-52-57-65(68)71-60-64(73-67(70)59-54-49-44-39-34-29-24-23-25-30-35-40-45-50-55-62(3)4)61-72-66(69)58-53-48-43-38-33-28-22-19-17-16-18-20-26-31-36-41-46-51-56-63(5)7-2/h62-64H,6-61H2,1-5H3/t63?,64-/m0/s1. The van der Waals surface area contributed by atoms with Crippen LogP contribution in [0.1, 0.15) is 381 Å². The SMILES string of the molecule is CCCCCCCCCCCCCCCCCCC(=O)OC[C@@H](COC(=O)CCCCCCCCCCCCCCCCCCCCC(C)CC)OC(=O)CCCCCCCCCCCCCCCCC(C)C. The summed E-state index contributed by atoms with van der Waals surface area (Å²) in [5, 5.41) is 0. The highest BCUT2D eigenvalue weighted by atomic mass is 16.6. The van der Waals surface area contributed by atoms with Gasteiger partial charge in [0, 0.05) is 19.3 Å². The van der Waals surface area contributed by atoms with Gasteiger partial charge in [0.25, 0.3) is 0 Å². The number of hydrogen-bond donors (Lipinski definition) is 0. The average Bonchev–Trinajstić information content (AvgIpc) is 3.38. The molecule has 1 unspecified atom stereocenters. The van der Waals surface area contributed by atoms with Crippen molar-refractivity contribution in [1.82, 2.24) is 0 Å². The highest BCUT2D eigenvalue weighted by molar-refractivity contribution is 5.71. The van der Waals surface area contributed by atoms with Crippen molar-refractivity contribution in [1.29, 1.82) is 0 Å². The Bertz CT molecular complexity index is 1120. The Morgan fingerprint density at radius 3 is 0.781 bits per heavy atom. The van der Waals surface area contributed by atoms with Crippen molar-refractivity contribution in [2.24, 2.45) is 11.8 Å². The van der Waals surface area contributed by atoms with Crippen molar-refractivity contribution < 1.29 is 28.6 Å². The first kappa shape index (κ1) is 71.4. The lowest BCUT2D eigenvalue weighted by Crippen LogP contribution is -2.30. The lowest BCUT2D eigenvalue weighted by Gasteiger charge is -2.18. The number of esters is 3. The molecule has 0 bridgehead atoms. The molecule has 0 saturated heterocycles. The van der Waals surface area contributed by atoms with E-state index in [2.05, 4.69) is 34.6 Å². The number of ether oxygens (including phenoxy) is 3. The van der Waals surface area contributed by atoms with Gasteiger partial charge in [-0.25, -0.2) is 0 Å². The Morgan fingerprint density at radius 2 is 0.521 bits per heavy atom. The third-order valence-electron chi connectivity index (χ3n) is 15.8. The third-order valence-corrected chi connectivity index (χ3v) is 15.8. The van der Waals surface area contributed by atoms with Gasteiger partial charge in [0.15, 0.2) is 6.10 Å². The van der Waals surface area contributed by atoms with Crippen LogP contribution in [0.5, 0.6) is 0 Å². The molecule has 0 radical (unpaired) electrons. The highest BCUT2D eigenvalue weighted by Gasteiger charge is 2.19. The van der Waals surface area contributed by atoms with E-state index in [1.54, 1.807) is 0 Å². The first-order valence-corrected chi connectivity index (χ1v) is 33.3. The van der Waals surface area contributed by atoms with E-state index in [-0.39, 0.29) is 31.1 Å². The van der Waals surface area contributed by atoms with Gasteiger partial charge < -0.3 is 14.2 Å². The second-order valence-corrected chi connectivity index (χ2v) is 23.8. The van der Waals surface area contributed by atoms with E-state index in [4.69, 9.17) is 14.2 Å². The molecule has 6 heteroatoms. The highest BCUT2D eigenvalue weighted by Crippen LogP contribution is 2.20. The molecule has 0 aromatic rings. The topological polar surface area (TPSA) is 78.9 Å². The minimum atomic E-state index is -0.764. The lowest BCUT2D eigenvalue weighted by atomic mass is 9.99. The molecule has 0 aromatic carbocycles. The molecule has 2 atom stereocenters. The molecule has 0 aromatic heterocycles. The Kier molecular flexibility index (Phi) is 58.4. The van der Waals surface area contributed by atoms with Crippen LogP contribution in [-0.2, 0) is 28.6 Å². The van der Waals surface area contributed by atoms with Gasteiger partial charge in [0.2, 0.25) is 0 Å². The normalized spacial score (nSPS) is 12.4. The van der Waals surface area contributed by atoms with Gasteiger partial charge in [-0.05, 0) is 31.1 Å². The van der Waals surface area contributed by atoms with Crippen molar-refractivity contribution in [2.45, 2.75) is 387 Å². The molecule has 0 aliphatic carbocycles. The van der Waals surface area contributed by atoms with Gasteiger partial charge in [0.1, 0.15) is 13.2 Å². The van der Waals surface area contributed by atoms with E-state index in [0.717, 1.165) is 69.6 Å². The van der Waals surface area contributed by atoms with Crippen LogP contribution < -0.4 is 0 Å². The van der Waals surface area contributed by atoms with Crippen LogP contribution in [0.15, 0.2) is 0 Å². The van der Waals surface area contributed by atoms with E-state index in [9.17, 15) is 14.4 Å². The maximum absolute atomic E-state index is 12.9. The summed E-state index contributed by atoms with van der Waals surface area (Å²) in [6.45, 7) is 11.5. The van der Waals surface area contributed by atoms with Crippen molar-refractivity contribution in [3.05, 3.63) is 0 Å². The Labute approximate surface area is 457 Å². The van der Waals surface area contributed by atoms with Crippen LogP contribution in [0.25, 0.3) is 0 Å². The molecule has 0 fully saturated rings. The van der Waals surface area contributed by atoms with Crippen molar-refractivity contribution in [2.75, 3.05) is 13.2 Å². The van der Waals surface area contributed by atoms with Crippen LogP contribution in [0.4, 0.5) is 0 Å². The molecule has 0 heterocycles. The van der Waals surface area contributed by atoms with E-state index < -0.39 is 6.10 Å².